The third kappa shape index (κ3) is 14.2. The van der Waals surface area contributed by atoms with E-state index in [9.17, 15) is 34.8 Å². The van der Waals surface area contributed by atoms with Gasteiger partial charge < -0.3 is 67.0 Å². The van der Waals surface area contributed by atoms with E-state index in [-0.39, 0.29) is 34.5 Å². The van der Waals surface area contributed by atoms with Crippen molar-refractivity contribution in [1.82, 2.24) is 58.1 Å². The number of aromatic nitrogens is 12. The van der Waals surface area contributed by atoms with Crippen molar-refractivity contribution in [2.45, 2.75) is 215 Å². The van der Waals surface area contributed by atoms with E-state index in [1.165, 1.54) is 12.8 Å². The summed E-state index contributed by atoms with van der Waals surface area (Å²) in [5, 5.41) is 57.7. The molecule has 28 rings (SSSR count). The van der Waals surface area contributed by atoms with E-state index < -0.39 is 28.3 Å². The highest BCUT2D eigenvalue weighted by Gasteiger charge is 2.64. The molecule has 10 N–H and O–H groups in total. The summed E-state index contributed by atoms with van der Waals surface area (Å²) in [4.78, 5) is 94.8. The molecule has 129 heavy (non-hydrogen) atoms. The molecule has 1 amide bonds. The molecule has 664 valence electrons. The van der Waals surface area contributed by atoms with Crippen molar-refractivity contribution in [1.29, 1.82) is 0 Å². The molecular formula is C98H110N24O7. The van der Waals surface area contributed by atoms with Crippen LogP contribution < -0.4 is 58.0 Å². The number of amides is 1. The highest BCUT2D eigenvalue weighted by atomic mass is 16.3. The van der Waals surface area contributed by atoms with Crippen LogP contribution in [0, 0.1) is 107 Å². The molecule has 2 aliphatic heterocycles. The monoisotopic (exact) mass is 1730 g/mol. The van der Waals surface area contributed by atoms with Crippen molar-refractivity contribution in [2.75, 3.05) is 55.0 Å². The summed E-state index contributed by atoms with van der Waals surface area (Å²) >= 11 is 0. The van der Waals surface area contributed by atoms with Gasteiger partial charge in [0.15, 0.2) is 40.0 Å². The SMILES string of the molecule is C=C1N(C)c2cnc(Nc3ccc(C(N)=O)cc3C)nc2N1C12CC3CC(CC(O)(C3)C1)C2.[C-]#[N+]c1ccc(Nc2ncc3c(n2)N(C24CC5CC(CC(O)(C5)C2)C4)C(=C)N3C)c(C)c1.[C-]#[N+]c1ccc(Nc2ncc3c(n2)n(C2C4CC5CC2CC(O)(C5)C4)c(=O)n3C)c(C)c1.[C-]#[N+]c1ccc(Nc2ncc3c(n2)n(C2C4CC5CC2CC(O)(C5)C4)c(=O)n3C)c(C)c1. The van der Waals surface area contributed by atoms with Gasteiger partial charge >= 0.3 is 11.4 Å². The summed E-state index contributed by atoms with van der Waals surface area (Å²) in [5.41, 5.74) is 16.7. The lowest BCUT2D eigenvalue weighted by Gasteiger charge is -2.62. The van der Waals surface area contributed by atoms with Crippen molar-refractivity contribution in [3.8, 4) is 0 Å². The maximum Gasteiger partial charge on any atom is 0.330 e. The van der Waals surface area contributed by atoms with Gasteiger partial charge in [-0.2, -0.15) is 19.9 Å². The number of nitrogens with zero attached hydrogens (tertiary/aromatic N) is 19. The van der Waals surface area contributed by atoms with Gasteiger partial charge in [-0.3, -0.25) is 23.1 Å². The molecule has 0 radical (unpaired) electrons. The second-order valence-corrected chi connectivity index (χ2v) is 41.1. The predicted molar refractivity (Wildman–Crippen MR) is 495 cm³/mol. The van der Waals surface area contributed by atoms with Crippen LogP contribution in [-0.4, -0.2) is 132 Å². The van der Waals surface area contributed by atoms with E-state index in [0.29, 0.717) is 128 Å². The number of carbonyl (C=O) groups excluding carboxylic acids is 1. The molecule has 0 saturated heterocycles. The molecule has 10 aromatic rings. The Bertz CT molecular complexity index is 6380. The van der Waals surface area contributed by atoms with Crippen molar-refractivity contribution >= 4 is 115 Å². The lowest BCUT2D eigenvalue weighted by molar-refractivity contribution is -0.147. The van der Waals surface area contributed by atoms with Crippen molar-refractivity contribution in [3.63, 3.8) is 0 Å². The summed E-state index contributed by atoms with van der Waals surface area (Å²) < 4.78 is 7.03. The van der Waals surface area contributed by atoms with Gasteiger partial charge in [-0.25, -0.2) is 44.1 Å². The number of carbonyl (C=O) groups is 1. The number of primary amides is 1. The lowest BCUT2D eigenvalue weighted by Crippen LogP contribution is -2.65. The number of aliphatic hydroxyl groups is 4. The van der Waals surface area contributed by atoms with Gasteiger partial charge in [0, 0.05) is 68.6 Å². The van der Waals surface area contributed by atoms with Gasteiger partial charge in [0.1, 0.15) is 34.1 Å². The molecule has 8 heterocycles. The normalized spacial score (nSPS) is 31.3. The summed E-state index contributed by atoms with van der Waals surface area (Å²) in [6, 6.07) is 21.9. The Balaban J connectivity index is 0.000000104. The van der Waals surface area contributed by atoms with Crippen LogP contribution in [0.1, 0.15) is 186 Å². The number of nitrogens with one attached hydrogen (secondary N) is 4. The van der Waals surface area contributed by atoms with Gasteiger partial charge in [-0.15, -0.1) is 0 Å². The molecule has 16 saturated carbocycles. The molecule has 18 aliphatic rings. The number of anilines is 12. The summed E-state index contributed by atoms with van der Waals surface area (Å²) in [6.07, 6.45) is 28.4. The highest BCUT2D eigenvalue weighted by molar-refractivity contribution is 5.94. The van der Waals surface area contributed by atoms with Crippen LogP contribution in [0.4, 0.5) is 86.6 Å². The Labute approximate surface area is 748 Å². The predicted octanol–water partition coefficient (Wildman–Crippen LogP) is 16.0. The van der Waals surface area contributed by atoms with Crippen LogP contribution in [0.5, 0.6) is 0 Å². The number of nitrogens with two attached hydrogens (primary N) is 1. The van der Waals surface area contributed by atoms with Crippen LogP contribution in [0.2, 0.25) is 0 Å². The molecule has 31 heteroatoms. The van der Waals surface area contributed by atoms with E-state index in [4.69, 9.17) is 45.4 Å². The van der Waals surface area contributed by atoms with Gasteiger partial charge in [0.2, 0.25) is 29.7 Å². The zero-order valence-corrected chi connectivity index (χ0v) is 74.2. The molecule has 4 aromatic carbocycles. The van der Waals surface area contributed by atoms with Gasteiger partial charge in [-0.1, -0.05) is 49.6 Å². The highest BCUT2D eigenvalue weighted by Crippen LogP contribution is 2.66. The number of hydrogen-bond acceptors (Lipinski definition) is 23. The number of rotatable bonds is 13. The summed E-state index contributed by atoms with van der Waals surface area (Å²) in [6.45, 7) is 38.1. The molecule has 16 fully saturated rings. The van der Waals surface area contributed by atoms with Crippen molar-refractivity contribution in [2.24, 2.45) is 79.0 Å². The van der Waals surface area contributed by atoms with Crippen LogP contribution >= 0.6 is 0 Å². The molecule has 16 bridgehead atoms. The van der Waals surface area contributed by atoms with Crippen LogP contribution in [0.3, 0.4) is 0 Å². The standard InChI is InChI=1S/C25H30N6O2.C25H28N6O.2C24H26N6O2/c1-14-6-18(21(26)32)4-5-19(14)28-23-27-12-20-22(29-23)31(15(2)30(20)3)24-8-16-7-17(9-24)11-25(33,10-16)13-24;1-15-7-19(26-3)5-6-20(15)28-23-27-13-21-22(29-23)31(16(2)30(21)4)24-9-17-8-18(10-24)12-25(32,11-17)14-24;2*1-13-6-17(25-2)4-5-18(13)27-22-26-12-19-21(28-22)30(23(31)29(19)3)20-15-7-14-8-16(20)11-24(32,9-14)10-15/h4-6,12,16-17,33H,2,7-11,13H2,1,3H3,(H2,26,32)(H,27,28,29);5-7,13,17-18,32H,2,8-12,14H2,1,4H3,(H,27,28,29);2*4-6,12,14-16,20,32H,7-11H2,1,3H3,(H,26,27,28). The third-order valence-corrected chi connectivity index (χ3v) is 32.0. The quantitative estimate of drug-likeness (QED) is 0.0484. The van der Waals surface area contributed by atoms with Crippen molar-refractivity contribution in [3.05, 3.63) is 205 Å². The van der Waals surface area contributed by atoms with E-state index in [0.717, 1.165) is 208 Å². The Morgan fingerprint density at radius 3 is 1.05 bits per heavy atom. The molecule has 8 unspecified atom stereocenters. The van der Waals surface area contributed by atoms with Crippen LogP contribution in [0.15, 0.2) is 132 Å². The molecule has 16 aliphatic carbocycles. The summed E-state index contributed by atoms with van der Waals surface area (Å²) in [7, 11) is 7.56. The number of fused-ring (bicyclic) bond motifs is 4. The fraction of sp³-hybridized carbons (Fsp3) is 0.490. The fourth-order valence-corrected chi connectivity index (χ4v) is 28.0. The Morgan fingerprint density at radius 1 is 0.426 bits per heavy atom. The zero-order valence-electron chi connectivity index (χ0n) is 74.2. The van der Waals surface area contributed by atoms with Crippen LogP contribution in [-0.2, 0) is 14.1 Å². The van der Waals surface area contributed by atoms with Gasteiger partial charge in [0.25, 0.3) is 0 Å². The van der Waals surface area contributed by atoms with Crippen LogP contribution in [0.25, 0.3) is 36.9 Å². The first-order valence-electron chi connectivity index (χ1n) is 45.6. The average Bonchev–Trinajstić information content (AvgIpc) is 1.67. The molecule has 8 atom stereocenters. The second kappa shape index (κ2) is 30.3. The lowest BCUT2D eigenvalue weighted by atomic mass is 9.50. The molecular weight excluding hydrogens is 1630 g/mol. The topological polar surface area (TPSA) is 355 Å². The third-order valence-electron chi connectivity index (χ3n) is 32.0. The van der Waals surface area contributed by atoms with Gasteiger partial charge in [0.05, 0.1) is 78.0 Å². The zero-order chi connectivity index (χ0) is 89.8. The van der Waals surface area contributed by atoms with Gasteiger partial charge in [-0.05, 0) is 287 Å². The Hall–Kier alpha value is -12.6. The minimum Gasteiger partial charge on any atom is -0.390 e. The number of benzene rings is 4. The van der Waals surface area contributed by atoms with E-state index in [1.807, 2.05) is 106 Å². The maximum absolute atomic E-state index is 13.3. The van der Waals surface area contributed by atoms with E-state index in [1.54, 1.807) is 66.0 Å². The fourth-order valence-electron chi connectivity index (χ4n) is 28.0. The molecule has 6 aromatic heterocycles. The minimum atomic E-state index is -0.570. The first kappa shape index (κ1) is 83.3. The minimum absolute atomic E-state index is 0.0616. The average molecular weight is 1740 g/mol. The Kier molecular flexibility index (Phi) is 19.5. The number of aryl methyl sites for hydroxylation is 6. The van der Waals surface area contributed by atoms with Crippen molar-refractivity contribution < 1.29 is 25.2 Å². The largest absolute Gasteiger partial charge is 0.390 e. The summed E-state index contributed by atoms with van der Waals surface area (Å²) in [5.74, 6) is 9.60. The second-order valence-electron chi connectivity index (χ2n) is 41.1. The van der Waals surface area contributed by atoms with E-state index in [2.05, 4.69) is 88.5 Å². The first-order chi connectivity index (χ1) is 61.6. The van der Waals surface area contributed by atoms with E-state index >= 15 is 0 Å². The molecule has 0 spiro atoms. The number of hydrogen-bond donors (Lipinski definition) is 9. The maximum atomic E-state index is 13.3. The smallest absolute Gasteiger partial charge is 0.330 e. The Morgan fingerprint density at radius 2 is 0.744 bits per heavy atom. The molecule has 31 nitrogen and oxygen atoms in total. The first-order valence-corrected chi connectivity index (χ1v) is 45.6. The number of imidazole rings is 2.